The summed E-state index contributed by atoms with van der Waals surface area (Å²) in [5.74, 6) is -3.76. The first-order chi connectivity index (χ1) is 14.2. The first kappa shape index (κ1) is 22.5. The van der Waals surface area contributed by atoms with Crippen molar-refractivity contribution >= 4 is 28.9 Å². The van der Waals surface area contributed by atoms with Gasteiger partial charge in [0.05, 0.1) is 6.20 Å². The molecule has 0 amide bonds. The average Bonchev–Trinajstić information content (AvgIpc) is 3.11. The van der Waals surface area contributed by atoms with E-state index in [2.05, 4.69) is 9.97 Å². The Morgan fingerprint density at radius 3 is 2.48 bits per heavy atom. The summed E-state index contributed by atoms with van der Waals surface area (Å²) >= 11 is 0. The van der Waals surface area contributed by atoms with Crippen molar-refractivity contribution in [3.05, 3.63) is 16.7 Å². The lowest BCUT2D eigenvalue weighted by Crippen LogP contribution is -2.36. The van der Waals surface area contributed by atoms with Crippen molar-refractivity contribution in [1.82, 2.24) is 19.1 Å². The fourth-order valence-electron chi connectivity index (χ4n) is 3.17. The number of alkyl halides is 6. The van der Waals surface area contributed by atoms with Crippen LogP contribution in [0.3, 0.4) is 0 Å². The van der Waals surface area contributed by atoms with Crippen LogP contribution in [-0.4, -0.2) is 55.4 Å². The molecule has 0 aliphatic carbocycles. The predicted molar refractivity (Wildman–Crippen MR) is 87.4 cm³/mol. The van der Waals surface area contributed by atoms with E-state index in [0.29, 0.717) is 4.57 Å². The minimum absolute atomic E-state index is 0.210. The summed E-state index contributed by atoms with van der Waals surface area (Å²) in [5.41, 5.74) is 3.07. The molecule has 1 aliphatic heterocycles. The van der Waals surface area contributed by atoms with E-state index in [1.165, 1.54) is 0 Å². The number of rotatable bonds is 4. The Balaban J connectivity index is 2.16. The van der Waals surface area contributed by atoms with Crippen LogP contribution in [0, 0.1) is 0 Å². The Morgan fingerprint density at radius 2 is 1.94 bits per heavy atom. The minimum atomic E-state index is -5.30. The van der Waals surface area contributed by atoms with Gasteiger partial charge in [-0.2, -0.15) is 31.3 Å². The average molecular weight is 457 g/mol. The Kier molecular flexibility index (Phi) is 5.45. The normalized spacial score (nSPS) is 22.1. The van der Waals surface area contributed by atoms with Gasteiger partial charge in [-0.25, -0.2) is 14.3 Å². The van der Waals surface area contributed by atoms with Gasteiger partial charge in [-0.05, 0) is 0 Å². The maximum absolute atomic E-state index is 13.0. The number of aromatic nitrogens is 4. The highest BCUT2D eigenvalue weighted by molar-refractivity contribution is 5.88. The number of imidazole rings is 1. The predicted octanol–water partition coefficient (Wildman–Crippen LogP) is 1.09. The second-order valence-electron chi connectivity index (χ2n) is 6.55. The molecular formula is C15H13F6N5O5. The third-order valence-electron chi connectivity index (χ3n) is 4.27. The van der Waals surface area contributed by atoms with Crippen molar-refractivity contribution in [1.29, 1.82) is 0 Å². The monoisotopic (exact) mass is 457 g/mol. The van der Waals surface area contributed by atoms with Crippen LogP contribution in [0.1, 0.15) is 19.6 Å². The highest BCUT2D eigenvalue weighted by Crippen LogP contribution is 2.36. The van der Waals surface area contributed by atoms with Gasteiger partial charge >= 0.3 is 24.0 Å². The lowest BCUT2D eigenvalue weighted by atomic mass is 10.1. The number of nitrogen functional groups attached to an aromatic ring is 1. The van der Waals surface area contributed by atoms with Gasteiger partial charge in [0.1, 0.15) is 24.3 Å². The Labute approximate surface area is 167 Å². The van der Waals surface area contributed by atoms with Crippen molar-refractivity contribution in [3.63, 3.8) is 0 Å². The molecule has 16 heteroatoms. The Hall–Kier alpha value is -3.17. The fraction of sp³-hybridized carbons (Fsp3) is 0.533. The zero-order chi connectivity index (χ0) is 23.3. The molecule has 1 saturated heterocycles. The molecule has 3 atom stereocenters. The van der Waals surface area contributed by atoms with Gasteiger partial charge in [-0.1, -0.05) is 0 Å². The lowest BCUT2D eigenvalue weighted by molar-refractivity contribution is -0.183. The molecule has 2 aromatic heterocycles. The number of ether oxygens (including phenoxy) is 2. The Bertz CT molecular complexity index is 1090. The quantitative estimate of drug-likeness (QED) is 0.533. The number of esters is 1. The number of nitrogens with zero attached hydrogens (tertiary/aromatic N) is 4. The van der Waals surface area contributed by atoms with Gasteiger partial charge in [0.25, 0.3) is 5.78 Å². The number of carbonyl (C=O) groups excluding carboxylic acids is 2. The second kappa shape index (κ2) is 7.51. The summed E-state index contributed by atoms with van der Waals surface area (Å²) < 4.78 is 87.9. The molecule has 3 unspecified atom stereocenters. The zero-order valence-corrected chi connectivity index (χ0v) is 15.4. The van der Waals surface area contributed by atoms with E-state index in [9.17, 15) is 40.7 Å². The van der Waals surface area contributed by atoms with Crippen molar-refractivity contribution in [2.75, 3.05) is 5.73 Å². The maximum atomic E-state index is 13.0. The van der Waals surface area contributed by atoms with E-state index in [0.717, 1.165) is 13.1 Å². The van der Waals surface area contributed by atoms with E-state index in [-0.39, 0.29) is 4.57 Å². The van der Waals surface area contributed by atoms with Crippen molar-refractivity contribution in [3.8, 4) is 0 Å². The number of anilines is 1. The number of fused-ring (bicyclic) bond motifs is 1. The number of nitrogens with two attached hydrogens (primary N) is 1. The molecule has 0 radical (unpaired) electrons. The summed E-state index contributed by atoms with van der Waals surface area (Å²) in [4.78, 5) is 42.9. The van der Waals surface area contributed by atoms with Crippen LogP contribution in [0.15, 0.2) is 11.0 Å². The molecule has 31 heavy (non-hydrogen) atoms. The number of halogens is 6. The standard InChI is InChI=1S/C15H13F6N5O5/c1-5(27)30-8-2-7(9(28)15(19,20)21)31-11(8)26-10-6(3-23-12(22)24-10)25(13(26)29)4-14(16,17)18/h3,7-8,11H,2,4H2,1H3,(H2,22,23,24). The summed E-state index contributed by atoms with van der Waals surface area (Å²) in [6.07, 6.45) is -15.8. The van der Waals surface area contributed by atoms with Crippen molar-refractivity contribution in [2.45, 2.75) is 50.7 Å². The van der Waals surface area contributed by atoms with Crippen molar-refractivity contribution in [2.24, 2.45) is 0 Å². The summed E-state index contributed by atoms with van der Waals surface area (Å²) in [6, 6.07) is 0. The van der Waals surface area contributed by atoms with Crippen LogP contribution in [-0.2, 0) is 25.6 Å². The number of Topliss-reactive ketones (excluding diaryl/α,β-unsaturated/α-hetero) is 1. The third-order valence-corrected chi connectivity index (χ3v) is 4.27. The smallest absolute Gasteiger partial charge is 0.452 e. The number of carbonyl (C=O) groups is 2. The largest absolute Gasteiger partial charge is 0.458 e. The maximum Gasteiger partial charge on any atom is 0.452 e. The van der Waals surface area contributed by atoms with Gasteiger partial charge in [0, 0.05) is 13.3 Å². The van der Waals surface area contributed by atoms with E-state index in [1.54, 1.807) is 0 Å². The summed E-state index contributed by atoms with van der Waals surface area (Å²) in [5, 5.41) is 0. The minimum Gasteiger partial charge on any atom is -0.458 e. The number of hydrogen-bond donors (Lipinski definition) is 1. The van der Waals surface area contributed by atoms with Crippen LogP contribution >= 0.6 is 0 Å². The zero-order valence-electron chi connectivity index (χ0n) is 15.4. The highest BCUT2D eigenvalue weighted by atomic mass is 19.4. The highest BCUT2D eigenvalue weighted by Gasteiger charge is 2.52. The summed E-state index contributed by atoms with van der Waals surface area (Å²) in [6.45, 7) is -0.871. The molecule has 0 bridgehead atoms. The van der Waals surface area contributed by atoms with Crippen LogP contribution in [0.4, 0.5) is 32.3 Å². The molecule has 1 aliphatic rings. The summed E-state index contributed by atoms with van der Waals surface area (Å²) in [7, 11) is 0. The first-order valence-corrected chi connectivity index (χ1v) is 8.42. The van der Waals surface area contributed by atoms with Crippen LogP contribution < -0.4 is 11.4 Å². The van der Waals surface area contributed by atoms with Crippen molar-refractivity contribution < 1.29 is 45.4 Å². The second-order valence-corrected chi connectivity index (χ2v) is 6.55. The lowest BCUT2D eigenvalue weighted by Gasteiger charge is -2.19. The van der Waals surface area contributed by atoms with Crippen LogP contribution in [0.5, 0.6) is 0 Å². The molecule has 2 aromatic rings. The molecule has 170 valence electrons. The molecule has 3 rings (SSSR count). The van der Waals surface area contributed by atoms with Gasteiger partial charge < -0.3 is 15.2 Å². The number of hydrogen-bond acceptors (Lipinski definition) is 8. The van der Waals surface area contributed by atoms with Gasteiger partial charge in [0.15, 0.2) is 11.9 Å². The molecule has 10 nitrogen and oxygen atoms in total. The molecule has 3 heterocycles. The van der Waals surface area contributed by atoms with Gasteiger partial charge in [-0.15, -0.1) is 0 Å². The molecule has 1 fully saturated rings. The number of ketones is 1. The van der Waals surface area contributed by atoms with Gasteiger partial charge in [-0.3, -0.25) is 14.2 Å². The Morgan fingerprint density at radius 1 is 1.29 bits per heavy atom. The van der Waals surface area contributed by atoms with Gasteiger partial charge in [0.2, 0.25) is 5.95 Å². The fourth-order valence-corrected chi connectivity index (χ4v) is 3.17. The molecule has 0 saturated carbocycles. The third kappa shape index (κ3) is 4.47. The van der Waals surface area contributed by atoms with E-state index >= 15 is 0 Å². The first-order valence-electron chi connectivity index (χ1n) is 8.42. The van der Waals surface area contributed by atoms with E-state index in [1.807, 2.05) is 0 Å². The molecular weight excluding hydrogens is 444 g/mol. The topological polar surface area (TPSA) is 131 Å². The van der Waals surface area contributed by atoms with E-state index < -0.39 is 78.3 Å². The molecule has 0 aromatic carbocycles. The SMILES string of the molecule is CC(=O)OC1CC(C(=O)C(F)(F)F)OC1n1c(=O)n(CC(F)(F)F)c2cnc(N)nc21. The molecule has 2 N–H and O–H groups in total. The van der Waals surface area contributed by atoms with Crippen LogP contribution in [0.2, 0.25) is 0 Å². The van der Waals surface area contributed by atoms with E-state index in [4.69, 9.17) is 15.2 Å². The van der Waals surface area contributed by atoms with Crippen LogP contribution in [0.25, 0.3) is 11.2 Å². The molecule has 0 spiro atoms.